The number of halogens is 2. The number of aromatic nitrogens is 3. The van der Waals surface area contributed by atoms with E-state index in [4.69, 9.17) is 4.74 Å². The van der Waals surface area contributed by atoms with E-state index in [0.29, 0.717) is 39.8 Å². The van der Waals surface area contributed by atoms with Crippen LogP contribution in [0.15, 0.2) is 53.4 Å². The first-order chi connectivity index (χ1) is 14.1. The predicted molar refractivity (Wildman–Crippen MR) is 112 cm³/mol. The summed E-state index contributed by atoms with van der Waals surface area (Å²) in [5, 5.41) is 14.0. The van der Waals surface area contributed by atoms with Crippen LogP contribution in [0.25, 0.3) is 21.8 Å². The summed E-state index contributed by atoms with van der Waals surface area (Å²) in [6.07, 6.45) is 3.77. The van der Waals surface area contributed by atoms with Crippen LogP contribution in [0.5, 0.6) is 5.75 Å². The first-order valence-electron chi connectivity index (χ1n) is 9.19. The van der Waals surface area contributed by atoms with Gasteiger partial charge in [0.2, 0.25) is 0 Å². The van der Waals surface area contributed by atoms with E-state index < -0.39 is 11.9 Å². The van der Waals surface area contributed by atoms with Crippen molar-refractivity contribution in [2.45, 2.75) is 25.0 Å². The van der Waals surface area contributed by atoms with Crippen molar-refractivity contribution in [3.8, 4) is 5.75 Å². The van der Waals surface area contributed by atoms with Crippen LogP contribution in [0.3, 0.4) is 0 Å². The number of benzene rings is 2. The Morgan fingerprint density at radius 1 is 1.10 bits per heavy atom. The molecule has 0 amide bonds. The Hall–Kier alpha value is -2.84. The lowest BCUT2D eigenvalue weighted by Crippen LogP contribution is -2.41. The van der Waals surface area contributed by atoms with Gasteiger partial charge in [0, 0.05) is 16.1 Å². The predicted octanol–water partition coefficient (Wildman–Crippen LogP) is 4.73. The number of aliphatic hydroxyl groups excluding tert-OH is 1. The molecular formula is C21H16BrFN4O2. The zero-order valence-corrected chi connectivity index (χ0v) is 16.7. The van der Waals surface area contributed by atoms with Gasteiger partial charge in [-0.25, -0.2) is 14.4 Å². The minimum Gasteiger partial charge on any atom is -0.487 e. The number of ether oxygens (including phenoxy) is 1. The standard InChI is InChI=1S/C21H16BrFN4O2/c22-11-8-15-19(18(9-11)29-17-6-5-16(17)28)21(26-10-25-15)27-14-4-3-13-12(20(14)23)2-1-7-24-13/h1-4,7-10,16-17,28H,5-6H2,(H,25,26,27). The highest BCUT2D eigenvalue weighted by Gasteiger charge is 2.31. The molecule has 0 spiro atoms. The number of anilines is 2. The summed E-state index contributed by atoms with van der Waals surface area (Å²) in [5.41, 5.74) is 1.50. The Morgan fingerprint density at radius 3 is 2.79 bits per heavy atom. The molecule has 2 unspecified atom stereocenters. The van der Waals surface area contributed by atoms with Gasteiger partial charge in [-0.2, -0.15) is 0 Å². The van der Waals surface area contributed by atoms with Crippen LogP contribution in [0.1, 0.15) is 12.8 Å². The average molecular weight is 455 g/mol. The van der Waals surface area contributed by atoms with Gasteiger partial charge in [-0.3, -0.25) is 4.98 Å². The molecule has 0 saturated heterocycles. The third-order valence-electron chi connectivity index (χ3n) is 5.09. The maximum Gasteiger partial charge on any atom is 0.156 e. The Kier molecular flexibility index (Phi) is 4.52. The second-order valence-electron chi connectivity index (χ2n) is 6.94. The highest BCUT2D eigenvalue weighted by Crippen LogP contribution is 2.38. The molecule has 2 heterocycles. The van der Waals surface area contributed by atoms with Gasteiger partial charge in [-0.05, 0) is 49.2 Å². The van der Waals surface area contributed by atoms with E-state index in [-0.39, 0.29) is 11.8 Å². The van der Waals surface area contributed by atoms with Crippen molar-refractivity contribution < 1.29 is 14.2 Å². The second-order valence-corrected chi connectivity index (χ2v) is 7.86. The summed E-state index contributed by atoms with van der Waals surface area (Å²) in [5.74, 6) is 0.550. The lowest BCUT2D eigenvalue weighted by molar-refractivity contribution is -0.0354. The molecule has 4 aromatic rings. The van der Waals surface area contributed by atoms with Gasteiger partial charge in [0.05, 0.1) is 28.2 Å². The van der Waals surface area contributed by atoms with E-state index in [1.54, 1.807) is 30.5 Å². The Bertz CT molecular complexity index is 1240. The monoisotopic (exact) mass is 454 g/mol. The van der Waals surface area contributed by atoms with Crippen molar-refractivity contribution in [2.75, 3.05) is 5.32 Å². The summed E-state index contributed by atoms with van der Waals surface area (Å²) < 4.78 is 21.9. The number of rotatable bonds is 4. The molecule has 5 rings (SSSR count). The smallest absolute Gasteiger partial charge is 0.156 e. The topological polar surface area (TPSA) is 80.2 Å². The van der Waals surface area contributed by atoms with E-state index in [1.165, 1.54) is 6.33 Å². The lowest BCUT2D eigenvalue weighted by Gasteiger charge is -2.33. The Labute approximate surface area is 173 Å². The van der Waals surface area contributed by atoms with E-state index in [0.717, 1.165) is 10.9 Å². The van der Waals surface area contributed by atoms with Crippen molar-refractivity contribution in [1.82, 2.24) is 15.0 Å². The molecule has 2 atom stereocenters. The zero-order chi connectivity index (χ0) is 20.0. The fourth-order valence-electron chi connectivity index (χ4n) is 3.40. The molecule has 0 radical (unpaired) electrons. The van der Waals surface area contributed by atoms with E-state index in [9.17, 15) is 5.11 Å². The molecule has 0 bridgehead atoms. The molecule has 8 heteroatoms. The van der Waals surface area contributed by atoms with Crippen LogP contribution in [-0.4, -0.2) is 32.3 Å². The summed E-state index contributed by atoms with van der Waals surface area (Å²) >= 11 is 3.47. The summed E-state index contributed by atoms with van der Waals surface area (Å²) in [6, 6.07) is 10.4. The molecule has 1 saturated carbocycles. The number of fused-ring (bicyclic) bond motifs is 2. The maximum absolute atomic E-state index is 15.0. The molecule has 0 aliphatic heterocycles. The number of pyridine rings is 1. The van der Waals surface area contributed by atoms with E-state index in [2.05, 4.69) is 36.2 Å². The minimum absolute atomic E-state index is 0.274. The molecule has 29 heavy (non-hydrogen) atoms. The normalized spacial score (nSPS) is 18.6. The first-order valence-corrected chi connectivity index (χ1v) is 9.98. The molecule has 1 aliphatic carbocycles. The molecule has 1 aliphatic rings. The highest BCUT2D eigenvalue weighted by atomic mass is 79.9. The van der Waals surface area contributed by atoms with Crippen molar-refractivity contribution >= 4 is 49.2 Å². The van der Waals surface area contributed by atoms with Gasteiger partial charge in [-0.15, -0.1) is 0 Å². The number of nitrogens with zero attached hydrogens (tertiary/aromatic N) is 3. The quantitative estimate of drug-likeness (QED) is 0.464. The fraction of sp³-hybridized carbons (Fsp3) is 0.190. The molecule has 2 N–H and O–H groups in total. The SMILES string of the molecule is OC1CCC1Oc1cc(Br)cc2ncnc(Nc3ccc4ncccc4c3F)c12. The summed E-state index contributed by atoms with van der Waals surface area (Å²) in [7, 11) is 0. The van der Waals surface area contributed by atoms with Crippen LogP contribution in [-0.2, 0) is 0 Å². The number of hydrogen-bond donors (Lipinski definition) is 2. The Balaban J connectivity index is 1.61. The first kappa shape index (κ1) is 18.2. The van der Waals surface area contributed by atoms with Crippen LogP contribution in [0.4, 0.5) is 15.9 Å². The number of hydrogen-bond acceptors (Lipinski definition) is 6. The Morgan fingerprint density at radius 2 is 2.00 bits per heavy atom. The second kappa shape index (κ2) is 7.20. The van der Waals surface area contributed by atoms with Gasteiger partial charge in [0.15, 0.2) is 5.82 Å². The largest absolute Gasteiger partial charge is 0.487 e. The van der Waals surface area contributed by atoms with Crippen molar-refractivity contribution in [3.05, 3.63) is 59.2 Å². The summed E-state index contributed by atoms with van der Waals surface area (Å²) in [4.78, 5) is 12.8. The van der Waals surface area contributed by atoms with Crippen LogP contribution >= 0.6 is 15.9 Å². The van der Waals surface area contributed by atoms with Gasteiger partial charge < -0.3 is 15.2 Å². The molecule has 2 aromatic heterocycles. The maximum atomic E-state index is 15.0. The van der Waals surface area contributed by atoms with Gasteiger partial charge in [0.1, 0.15) is 24.0 Å². The van der Waals surface area contributed by atoms with E-state index in [1.807, 2.05) is 12.1 Å². The minimum atomic E-state index is -0.490. The summed E-state index contributed by atoms with van der Waals surface area (Å²) in [6.45, 7) is 0. The molecule has 2 aromatic carbocycles. The fourth-order valence-corrected chi connectivity index (χ4v) is 3.83. The van der Waals surface area contributed by atoms with Crippen LogP contribution < -0.4 is 10.1 Å². The van der Waals surface area contributed by atoms with Crippen molar-refractivity contribution in [1.29, 1.82) is 0 Å². The molecule has 6 nitrogen and oxygen atoms in total. The molecule has 146 valence electrons. The lowest BCUT2D eigenvalue weighted by atomic mass is 9.92. The van der Waals surface area contributed by atoms with Crippen LogP contribution in [0, 0.1) is 5.82 Å². The van der Waals surface area contributed by atoms with E-state index >= 15 is 4.39 Å². The number of nitrogens with one attached hydrogen (secondary N) is 1. The number of aliphatic hydroxyl groups is 1. The van der Waals surface area contributed by atoms with Gasteiger partial charge in [0.25, 0.3) is 0 Å². The van der Waals surface area contributed by atoms with Crippen molar-refractivity contribution in [3.63, 3.8) is 0 Å². The van der Waals surface area contributed by atoms with Crippen molar-refractivity contribution in [2.24, 2.45) is 0 Å². The third-order valence-corrected chi connectivity index (χ3v) is 5.55. The van der Waals surface area contributed by atoms with Crippen LogP contribution in [0.2, 0.25) is 0 Å². The molecular weight excluding hydrogens is 439 g/mol. The highest BCUT2D eigenvalue weighted by molar-refractivity contribution is 9.10. The molecule has 1 fully saturated rings. The third kappa shape index (κ3) is 3.28. The van der Waals surface area contributed by atoms with Gasteiger partial charge in [-0.1, -0.05) is 15.9 Å². The van der Waals surface area contributed by atoms with Gasteiger partial charge >= 0.3 is 0 Å². The zero-order valence-electron chi connectivity index (χ0n) is 15.1. The average Bonchev–Trinajstić information content (AvgIpc) is 2.72.